The Morgan fingerprint density at radius 1 is 1.17 bits per heavy atom. The Balaban J connectivity index is 1.24. The molecule has 1 saturated carbocycles. The predicted molar refractivity (Wildman–Crippen MR) is 108 cm³/mol. The van der Waals surface area contributed by atoms with Crippen LogP contribution in [0.1, 0.15) is 66.5 Å². The fourth-order valence-corrected chi connectivity index (χ4v) is 4.45. The van der Waals surface area contributed by atoms with Crippen LogP contribution in [0.5, 0.6) is 0 Å². The summed E-state index contributed by atoms with van der Waals surface area (Å²) in [4.78, 5) is 45.8. The van der Waals surface area contributed by atoms with E-state index in [1.54, 1.807) is 13.0 Å². The molecule has 160 valence electrons. The Morgan fingerprint density at radius 3 is 2.53 bits per heavy atom. The maximum Gasteiger partial charge on any atom is 0.260 e. The molecule has 2 N–H and O–H groups in total. The largest absolute Gasteiger partial charge is 0.349 e. The number of carbonyl (C=O) groups is 2. The molecular weight excluding hydrogens is 386 g/mol. The minimum Gasteiger partial charge on any atom is -0.349 e. The molecular formula is C21H27N5O4. The molecule has 1 aliphatic heterocycles. The number of hydrogen-bond acceptors (Lipinski definition) is 6. The third-order valence-corrected chi connectivity index (χ3v) is 6.19. The lowest BCUT2D eigenvalue weighted by Crippen LogP contribution is -2.45. The summed E-state index contributed by atoms with van der Waals surface area (Å²) in [5.74, 6) is 1.42. The van der Waals surface area contributed by atoms with Gasteiger partial charge in [0, 0.05) is 44.1 Å². The first kappa shape index (κ1) is 20.3. The number of nitrogens with one attached hydrogen (secondary N) is 2. The predicted octanol–water partition coefficient (Wildman–Crippen LogP) is 1.76. The van der Waals surface area contributed by atoms with Crippen LogP contribution in [0.25, 0.3) is 0 Å². The van der Waals surface area contributed by atoms with Gasteiger partial charge < -0.3 is 19.7 Å². The van der Waals surface area contributed by atoms with E-state index in [2.05, 4.69) is 20.4 Å². The summed E-state index contributed by atoms with van der Waals surface area (Å²) in [6, 6.07) is 3.14. The maximum atomic E-state index is 12.9. The third kappa shape index (κ3) is 4.44. The van der Waals surface area contributed by atoms with Gasteiger partial charge in [-0.2, -0.15) is 4.98 Å². The first-order valence-corrected chi connectivity index (χ1v) is 10.6. The van der Waals surface area contributed by atoms with E-state index in [0.29, 0.717) is 19.0 Å². The topological polar surface area (TPSA) is 121 Å². The molecule has 2 amide bonds. The van der Waals surface area contributed by atoms with Crippen LogP contribution in [-0.2, 0) is 4.79 Å². The van der Waals surface area contributed by atoms with Crippen molar-refractivity contribution in [2.24, 2.45) is 5.92 Å². The lowest BCUT2D eigenvalue weighted by atomic mass is 9.84. The summed E-state index contributed by atoms with van der Waals surface area (Å²) < 4.78 is 5.07. The van der Waals surface area contributed by atoms with E-state index in [9.17, 15) is 14.4 Å². The molecule has 0 aromatic carbocycles. The molecule has 2 aliphatic rings. The summed E-state index contributed by atoms with van der Waals surface area (Å²) in [5, 5.41) is 6.95. The zero-order valence-electron chi connectivity index (χ0n) is 17.1. The molecule has 0 bridgehead atoms. The Hall–Kier alpha value is -2.97. The fraction of sp³-hybridized carbons (Fsp3) is 0.571. The second-order valence-electron chi connectivity index (χ2n) is 8.21. The van der Waals surface area contributed by atoms with Crippen LogP contribution in [0.2, 0.25) is 0 Å². The van der Waals surface area contributed by atoms with Crippen LogP contribution < -0.4 is 10.9 Å². The van der Waals surface area contributed by atoms with Gasteiger partial charge >= 0.3 is 0 Å². The van der Waals surface area contributed by atoms with E-state index in [1.807, 2.05) is 4.90 Å². The van der Waals surface area contributed by atoms with Crippen molar-refractivity contribution in [3.63, 3.8) is 0 Å². The molecule has 3 heterocycles. The van der Waals surface area contributed by atoms with Gasteiger partial charge in [-0.1, -0.05) is 5.16 Å². The third-order valence-electron chi connectivity index (χ3n) is 6.19. The van der Waals surface area contributed by atoms with Crippen LogP contribution in [0.4, 0.5) is 0 Å². The normalized spacial score (nSPS) is 22.6. The molecule has 2 aromatic heterocycles. The monoisotopic (exact) mass is 413 g/mol. The van der Waals surface area contributed by atoms with E-state index < -0.39 is 5.56 Å². The highest BCUT2D eigenvalue weighted by Crippen LogP contribution is 2.30. The van der Waals surface area contributed by atoms with E-state index in [-0.39, 0.29) is 35.3 Å². The van der Waals surface area contributed by atoms with Crippen molar-refractivity contribution in [3.8, 4) is 0 Å². The SMILES string of the molecule is Cc1nc(C2CCN(C(=O)C3CCC(NC(=O)c4ccc[nH]c4=O)CC3)CC2)no1. The number of nitrogens with zero attached hydrogens (tertiary/aromatic N) is 3. The number of amides is 2. The summed E-state index contributed by atoms with van der Waals surface area (Å²) in [7, 11) is 0. The second-order valence-corrected chi connectivity index (χ2v) is 8.21. The Kier molecular flexibility index (Phi) is 5.96. The van der Waals surface area contributed by atoms with Crippen molar-refractivity contribution in [2.45, 2.75) is 57.4 Å². The number of aryl methyl sites for hydroxylation is 1. The number of hydrogen-bond donors (Lipinski definition) is 2. The second kappa shape index (κ2) is 8.81. The zero-order chi connectivity index (χ0) is 21.1. The number of likely N-dealkylation sites (tertiary alicyclic amines) is 1. The van der Waals surface area contributed by atoms with Crippen molar-refractivity contribution >= 4 is 11.8 Å². The van der Waals surface area contributed by atoms with Crippen LogP contribution in [0.15, 0.2) is 27.6 Å². The molecule has 1 saturated heterocycles. The van der Waals surface area contributed by atoms with Gasteiger partial charge in [-0.3, -0.25) is 14.4 Å². The smallest absolute Gasteiger partial charge is 0.260 e. The van der Waals surface area contributed by atoms with Gasteiger partial charge in [-0.25, -0.2) is 0 Å². The summed E-state index contributed by atoms with van der Waals surface area (Å²) >= 11 is 0. The summed E-state index contributed by atoms with van der Waals surface area (Å²) in [5.41, 5.74) is -0.270. The van der Waals surface area contributed by atoms with Gasteiger partial charge in [0.2, 0.25) is 11.8 Å². The molecule has 30 heavy (non-hydrogen) atoms. The van der Waals surface area contributed by atoms with E-state index in [1.165, 1.54) is 12.3 Å². The van der Waals surface area contributed by atoms with Crippen molar-refractivity contribution in [1.29, 1.82) is 0 Å². The van der Waals surface area contributed by atoms with Gasteiger partial charge in [-0.15, -0.1) is 0 Å². The molecule has 0 spiro atoms. The minimum absolute atomic E-state index is 0.00208. The lowest BCUT2D eigenvalue weighted by Gasteiger charge is -2.35. The van der Waals surface area contributed by atoms with Crippen LogP contribution in [0.3, 0.4) is 0 Å². The van der Waals surface area contributed by atoms with E-state index >= 15 is 0 Å². The quantitative estimate of drug-likeness (QED) is 0.788. The average molecular weight is 413 g/mol. The molecule has 4 rings (SSSR count). The standard InChI is InChI=1S/C21H27N5O4/c1-13-23-18(25-30-13)14-8-11-26(12-9-14)21(29)15-4-6-16(7-5-15)24-20(28)17-3-2-10-22-19(17)27/h2-3,10,14-16H,4-9,11-12H2,1H3,(H,22,27)(H,24,28). The number of rotatable bonds is 4. The van der Waals surface area contributed by atoms with Gasteiger partial charge in [0.15, 0.2) is 5.82 Å². The first-order chi connectivity index (χ1) is 14.5. The molecule has 0 radical (unpaired) electrons. The highest BCUT2D eigenvalue weighted by molar-refractivity contribution is 5.93. The van der Waals surface area contributed by atoms with Crippen LogP contribution >= 0.6 is 0 Å². The molecule has 2 fully saturated rings. The highest BCUT2D eigenvalue weighted by Gasteiger charge is 2.33. The fourth-order valence-electron chi connectivity index (χ4n) is 4.45. The Morgan fingerprint density at radius 2 is 1.90 bits per heavy atom. The molecule has 1 aliphatic carbocycles. The van der Waals surface area contributed by atoms with E-state index in [0.717, 1.165) is 44.3 Å². The first-order valence-electron chi connectivity index (χ1n) is 10.6. The number of aromatic nitrogens is 3. The number of piperidine rings is 1. The molecule has 9 nitrogen and oxygen atoms in total. The molecule has 2 aromatic rings. The van der Waals surface area contributed by atoms with Crippen molar-refractivity contribution in [1.82, 2.24) is 25.3 Å². The van der Waals surface area contributed by atoms with Gasteiger partial charge in [-0.05, 0) is 50.7 Å². The molecule has 0 atom stereocenters. The summed E-state index contributed by atoms with van der Waals surface area (Å²) in [6.45, 7) is 3.21. The minimum atomic E-state index is -0.391. The van der Waals surface area contributed by atoms with Crippen molar-refractivity contribution in [2.75, 3.05) is 13.1 Å². The number of pyridine rings is 1. The number of H-pyrrole nitrogens is 1. The maximum absolute atomic E-state index is 12.9. The van der Waals surface area contributed by atoms with Crippen molar-refractivity contribution in [3.05, 3.63) is 46.0 Å². The Labute approximate surface area is 174 Å². The lowest BCUT2D eigenvalue weighted by molar-refractivity contribution is -0.137. The van der Waals surface area contributed by atoms with E-state index in [4.69, 9.17) is 4.52 Å². The van der Waals surface area contributed by atoms with Gasteiger partial charge in [0.25, 0.3) is 11.5 Å². The molecule has 0 unspecified atom stereocenters. The van der Waals surface area contributed by atoms with Crippen LogP contribution in [-0.4, -0.2) is 51.0 Å². The number of carbonyl (C=O) groups excluding carboxylic acids is 2. The number of aromatic amines is 1. The highest BCUT2D eigenvalue weighted by atomic mass is 16.5. The Bertz CT molecular complexity index is 952. The zero-order valence-corrected chi connectivity index (χ0v) is 17.1. The molecule has 9 heteroatoms. The van der Waals surface area contributed by atoms with Gasteiger partial charge in [0.1, 0.15) is 5.56 Å². The summed E-state index contributed by atoms with van der Waals surface area (Å²) in [6.07, 6.45) is 6.18. The van der Waals surface area contributed by atoms with Gasteiger partial charge in [0.05, 0.1) is 0 Å². The van der Waals surface area contributed by atoms with Crippen LogP contribution in [0, 0.1) is 12.8 Å². The average Bonchev–Trinajstić information content (AvgIpc) is 3.20. The van der Waals surface area contributed by atoms with Crippen molar-refractivity contribution < 1.29 is 14.1 Å².